The van der Waals surface area contributed by atoms with Crippen molar-refractivity contribution < 1.29 is 4.79 Å². The van der Waals surface area contributed by atoms with Crippen LogP contribution in [0.25, 0.3) is 0 Å². The van der Waals surface area contributed by atoms with Crippen LogP contribution in [0.2, 0.25) is 0 Å². The molecule has 0 bridgehead atoms. The fourth-order valence-electron chi connectivity index (χ4n) is 2.59. The molecule has 1 aliphatic rings. The van der Waals surface area contributed by atoms with Crippen molar-refractivity contribution in [1.82, 2.24) is 5.32 Å². The summed E-state index contributed by atoms with van der Waals surface area (Å²) in [6, 6.07) is 16.1. The maximum Gasteiger partial charge on any atom is 0.241 e. The summed E-state index contributed by atoms with van der Waals surface area (Å²) in [5.41, 5.74) is 3.83. The van der Waals surface area contributed by atoms with Gasteiger partial charge in [-0.25, -0.2) is 0 Å². The van der Waals surface area contributed by atoms with Gasteiger partial charge in [0.15, 0.2) is 0 Å². The van der Waals surface area contributed by atoms with Gasteiger partial charge in [-0.15, -0.1) is 0 Å². The third-order valence-electron chi connectivity index (χ3n) is 3.84. The average molecular weight is 304 g/mol. The molecule has 0 aliphatic carbocycles. The second-order valence-corrected chi connectivity index (χ2v) is 5.94. The molecule has 1 aliphatic heterocycles. The Hall–Kier alpha value is -2.57. The quantitative estimate of drug-likeness (QED) is 0.884. The molecule has 3 heteroatoms. The Balaban J connectivity index is 2.02. The van der Waals surface area contributed by atoms with Gasteiger partial charge in [-0.05, 0) is 23.8 Å². The maximum atomic E-state index is 12.8. The van der Waals surface area contributed by atoms with Gasteiger partial charge in [-0.3, -0.25) is 4.79 Å². The molecule has 3 nitrogen and oxygen atoms in total. The highest BCUT2D eigenvalue weighted by Crippen LogP contribution is 2.25. The number of benzene rings is 2. The van der Waals surface area contributed by atoms with Crippen LogP contribution >= 0.6 is 0 Å². The molecule has 0 radical (unpaired) electrons. The monoisotopic (exact) mass is 304 g/mol. The summed E-state index contributed by atoms with van der Waals surface area (Å²) in [4.78, 5) is 14.6. The lowest BCUT2D eigenvalue weighted by Gasteiger charge is -2.26. The smallest absolute Gasteiger partial charge is 0.241 e. The van der Waals surface area contributed by atoms with Crippen LogP contribution in [0.4, 0.5) is 5.69 Å². The van der Waals surface area contributed by atoms with Crippen molar-refractivity contribution in [2.24, 2.45) is 0 Å². The Morgan fingerprint density at radius 1 is 1.09 bits per heavy atom. The summed E-state index contributed by atoms with van der Waals surface area (Å²) < 4.78 is 0. The van der Waals surface area contributed by atoms with E-state index in [4.69, 9.17) is 0 Å². The molecule has 1 N–H and O–H groups in total. The van der Waals surface area contributed by atoms with Crippen LogP contribution in [0.15, 0.2) is 48.5 Å². The first-order valence-electron chi connectivity index (χ1n) is 7.88. The Morgan fingerprint density at radius 2 is 1.74 bits per heavy atom. The molecular weight excluding hydrogens is 284 g/mol. The highest BCUT2D eigenvalue weighted by atomic mass is 16.2. The van der Waals surface area contributed by atoms with Crippen molar-refractivity contribution in [3.8, 4) is 11.8 Å². The minimum atomic E-state index is 0.0599. The minimum Gasteiger partial charge on any atom is -0.306 e. The van der Waals surface area contributed by atoms with E-state index in [0.717, 1.165) is 22.4 Å². The van der Waals surface area contributed by atoms with Crippen molar-refractivity contribution in [2.45, 2.75) is 26.4 Å². The molecule has 23 heavy (non-hydrogen) atoms. The van der Waals surface area contributed by atoms with E-state index in [9.17, 15) is 4.79 Å². The lowest BCUT2D eigenvalue weighted by atomic mass is 10.0. The van der Waals surface area contributed by atoms with E-state index in [0.29, 0.717) is 13.1 Å². The van der Waals surface area contributed by atoms with Gasteiger partial charge in [-0.2, -0.15) is 0 Å². The van der Waals surface area contributed by atoms with E-state index < -0.39 is 0 Å². The molecular formula is C20H20N2O. The third-order valence-corrected chi connectivity index (χ3v) is 3.84. The first-order chi connectivity index (χ1) is 11.1. The predicted octanol–water partition coefficient (Wildman–Crippen LogP) is 2.93. The lowest BCUT2D eigenvalue weighted by molar-refractivity contribution is -0.118. The maximum absolute atomic E-state index is 12.8. The number of carbonyl (C=O) groups excluding carboxylic acids is 1. The number of hydrogen-bond donors (Lipinski definition) is 1. The Labute approximate surface area is 137 Å². The van der Waals surface area contributed by atoms with Crippen LogP contribution < -0.4 is 10.2 Å². The fraction of sp³-hybridized carbons (Fsp3) is 0.250. The fourth-order valence-corrected chi connectivity index (χ4v) is 2.59. The molecule has 0 unspecified atom stereocenters. The molecule has 2 aromatic rings. The van der Waals surface area contributed by atoms with Gasteiger partial charge in [0.1, 0.15) is 0 Å². The normalized spacial score (nSPS) is 12.6. The number of rotatable bonds is 3. The molecule has 0 atom stereocenters. The number of carbonyl (C=O) groups is 1. The van der Waals surface area contributed by atoms with Gasteiger partial charge >= 0.3 is 0 Å². The van der Waals surface area contributed by atoms with Crippen LogP contribution in [-0.2, 0) is 11.3 Å². The van der Waals surface area contributed by atoms with Gasteiger partial charge in [0.05, 0.1) is 18.8 Å². The van der Waals surface area contributed by atoms with Crippen molar-refractivity contribution >= 4 is 11.6 Å². The number of nitrogens with one attached hydrogen (secondary N) is 1. The van der Waals surface area contributed by atoms with Crippen LogP contribution in [-0.4, -0.2) is 18.5 Å². The first kappa shape index (κ1) is 15.3. The first-order valence-corrected chi connectivity index (χ1v) is 7.88. The number of nitrogens with zero attached hydrogens (tertiary/aromatic N) is 1. The summed E-state index contributed by atoms with van der Waals surface area (Å²) in [6.45, 7) is 4.94. The van der Waals surface area contributed by atoms with E-state index >= 15 is 0 Å². The summed E-state index contributed by atoms with van der Waals surface area (Å²) in [5, 5.41) is 3.21. The predicted molar refractivity (Wildman–Crippen MR) is 93.2 cm³/mol. The van der Waals surface area contributed by atoms with E-state index in [1.165, 1.54) is 0 Å². The van der Waals surface area contributed by atoms with Gasteiger partial charge in [0.25, 0.3) is 0 Å². The highest BCUT2D eigenvalue weighted by Gasteiger charge is 2.20. The minimum absolute atomic E-state index is 0.0599. The molecule has 0 spiro atoms. The number of amides is 1. The largest absolute Gasteiger partial charge is 0.306 e. The number of para-hydroxylation sites is 1. The van der Waals surface area contributed by atoms with Gasteiger partial charge in [-0.1, -0.05) is 56.0 Å². The van der Waals surface area contributed by atoms with E-state index in [2.05, 4.69) is 17.2 Å². The topological polar surface area (TPSA) is 32.3 Å². The Morgan fingerprint density at radius 3 is 2.52 bits per heavy atom. The molecule has 1 amide bonds. The zero-order chi connectivity index (χ0) is 16.2. The molecule has 0 saturated heterocycles. The van der Waals surface area contributed by atoms with Crippen LogP contribution in [0.5, 0.6) is 0 Å². The van der Waals surface area contributed by atoms with Crippen LogP contribution in [0.3, 0.4) is 0 Å². The molecule has 1 heterocycles. The van der Waals surface area contributed by atoms with Gasteiger partial charge in [0, 0.05) is 17.2 Å². The second-order valence-electron chi connectivity index (χ2n) is 5.94. The summed E-state index contributed by atoms with van der Waals surface area (Å²) >= 11 is 0. The molecule has 116 valence electrons. The summed E-state index contributed by atoms with van der Waals surface area (Å²) in [7, 11) is 0. The Bertz CT molecular complexity index is 783. The van der Waals surface area contributed by atoms with E-state index in [1.807, 2.05) is 67.3 Å². The summed E-state index contributed by atoms with van der Waals surface area (Å²) in [6.07, 6.45) is 0. The average Bonchev–Trinajstić information content (AvgIpc) is 2.55. The number of hydrogen-bond acceptors (Lipinski definition) is 2. The highest BCUT2D eigenvalue weighted by molar-refractivity contribution is 5.96. The molecule has 2 aromatic carbocycles. The van der Waals surface area contributed by atoms with E-state index in [1.54, 1.807) is 0 Å². The standard InChI is InChI=1S/C20H20N2O/c1-15(2)21-13-20(23)22-14-18-9-4-3-7-16(18)11-12-17-8-5-6-10-19(17)22/h3-10,15,21H,13-14H2,1-2H3. The van der Waals surface area contributed by atoms with E-state index in [-0.39, 0.29) is 11.9 Å². The van der Waals surface area contributed by atoms with Crippen LogP contribution in [0.1, 0.15) is 30.5 Å². The van der Waals surface area contributed by atoms with Crippen molar-refractivity contribution in [3.05, 3.63) is 65.2 Å². The van der Waals surface area contributed by atoms with Crippen LogP contribution in [0, 0.1) is 11.8 Å². The zero-order valence-electron chi connectivity index (χ0n) is 13.5. The molecule has 0 saturated carbocycles. The third kappa shape index (κ3) is 3.44. The zero-order valence-corrected chi connectivity index (χ0v) is 13.5. The number of fused-ring (bicyclic) bond motifs is 2. The molecule has 0 fully saturated rings. The van der Waals surface area contributed by atoms with Gasteiger partial charge < -0.3 is 10.2 Å². The number of anilines is 1. The van der Waals surface area contributed by atoms with Crippen molar-refractivity contribution in [1.29, 1.82) is 0 Å². The molecule has 3 rings (SSSR count). The van der Waals surface area contributed by atoms with Crippen molar-refractivity contribution in [3.63, 3.8) is 0 Å². The molecule has 0 aromatic heterocycles. The van der Waals surface area contributed by atoms with Crippen molar-refractivity contribution in [2.75, 3.05) is 11.4 Å². The van der Waals surface area contributed by atoms with Gasteiger partial charge in [0.2, 0.25) is 5.91 Å². The Kier molecular flexibility index (Phi) is 4.45. The second kappa shape index (κ2) is 6.68. The lowest BCUT2D eigenvalue weighted by Crippen LogP contribution is -2.40. The SMILES string of the molecule is CC(C)NCC(=O)N1Cc2ccccc2C#Cc2ccccc21. The summed E-state index contributed by atoms with van der Waals surface area (Å²) in [5.74, 6) is 6.49.